The lowest BCUT2D eigenvalue weighted by Gasteiger charge is -2.09. The van der Waals surface area contributed by atoms with E-state index in [9.17, 15) is 4.79 Å². The van der Waals surface area contributed by atoms with E-state index in [-0.39, 0.29) is 11.8 Å². The Morgan fingerprint density at radius 2 is 2.12 bits per heavy atom. The number of unbranched alkanes of at least 4 members (excludes halogenated alkanes) is 1. The third-order valence-corrected chi connectivity index (χ3v) is 3.91. The highest BCUT2D eigenvalue weighted by molar-refractivity contribution is 5.83. The van der Waals surface area contributed by atoms with Gasteiger partial charge in [0.1, 0.15) is 6.29 Å². The maximum absolute atomic E-state index is 11.0. The monoisotopic (exact) mass is 355 g/mol. The Balaban J connectivity index is 2.02. The van der Waals surface area contributed by atoms with E-state index < -0.39 is 0 Å². The number of methoxy groups -OCH3 is 1. The maximum Gasteiger partial charge on any atom is 0.320 e. The predicted octanol–water partition coefficient (Wildman–Crippen LogP) is 2.46. The van der Waals surface area contributed by atoms with E-state index in [1.165, 1.54) is 7.11 Å². The summed E-state index contributed by atoms with van der Waals surface area (Å²) in [5.74, 6) is 0.236. The molecule has 0 saturated heterocycles. The second-order valence-corrected chi connectivity index (χ2v) is 5.81. The molecule has 8 heteroatoms. The first-order chi connectivity index (χ1) is 12.7. The summed E-state index contributed by atoms with van der Waals surface area (Å²) in [4.78, 5) is 24.0. The van der Waals surface area contributed by atoms with Gasteiger partial charge >= 0.3 is 6.01 Å². The lowest BCUT2D eigenvalue weighted by Crippen LogP contribution is -2.07. The van der Waals surface area contributed by atoms with Gasteiger partial charge in [0.15, 0.2) is 17.0 Å². The molecule has 136 valence electrons. The average molecular weight is 355 g/mol. The van der Waals surface area contributed by atoms with Gasteiger partial charge in [-0.2, -0.15) is 15.0 Å². The summed E-state index contributed by atoms with van der Waals surface area (Å²) in [6.45, 7) is 3.02. The summed E-state index contributed by atoms with van der Waals surface area (Å²) < 4.78 is 12.7. The van der Waals surface area contributed by atoms with Crippen LogP contribution in [0.25, 0.3) is 11.2 Å². The molecule has 0 aliphatic heterocycles. The molecule has 0 saturated carbocycles. The number of nitrogens with two attached hydrogens (primary N) is 1. The van der Waals surface area contributed by atoms with E-state index in [2.05, 4.69) is 21.9 Å². The smallest absolute Gasteiger partial charge is 0.320 e. The van der Waals surface area contributed by atoms with Crippen molar-refractivity contribution in [3.63, 3.8) is 0 Å². The number of imidazole rings is 1. The van der Waals surface area contributed by atoms with Gasteiger partial charge in [-0.15, -0.1) is 0 Å². The molecule has 0 unspecified atom stereocenters. The summed E-state index contributed by atoms with van der Waals surface area (Å²) in [6, 6.07) is 7.88. The van der Waals surface area contributed by atoms with Crippen LogP contribution in [-0.2, 0) is 6.54 Å². The second-order valence-electron chi connectivity index (χ2n) is 5.81. The summed E-state index contributed by atoms with van der Waals surface area (Å²) in [7, 11) is 1.53. The molecule has 0 fully saturated rings. The Labute approximate surface area is 151 Å². The van der Waals surface area contributed by atoms with E-state index >= 15 is 0 Å². The van der Waals surface area contributed by atoms with Crippen LogP contribution in [0.5, 0.6) is 12.0 Å². The van der Waals surface area contributed by atoms with Gasteiger partial charge in [0.25, 0.3) is 6.01 Å². The molecule has 0 amide bonds. The number of hydrogen-bond donors (Lipinski definition) is 1. The molecule has 3 rings (SSSR count). The second kappa shape index (κ2) is 7.81. The average Bonchev–Trinajstić information content (AvgIpc) is 3.00. The lowest BCUT2D eigenvalue weighted by molar-refractivity contribution is 0.112. The molecule has 3 aromatic rings. The van der Waals surface area contributed by atoms with Crippen molar-refractivity contribution in [3.8, 4) is 12.0 Å². The van der Waals surface area contributed by atoms with Crippen LogP contribution < -0.4 is 15.2 Å². The Morgan fingerprint density at radius 1 is 1.27 bits per heavy atom. The minimum atomic E-state index is 0.217. The lowest BCUT2D eigenvalue weighted by atomic mass is 10.1. The van der Waals surface area contributed by atoms with Gasteiger partial charge in [-0.3, -0.25) is 9.36 Å². The van der Waals surface area contributed by atoms with Crippen molar-refractivity contribution in [2.75, 3.05) is 19.5 Å². The molecule has 0 radical (unpaired) electrons. The standard InChI is InChI=1S/C18H21N5O3/c1-3-4-8-26-17-21-15(19)14-16(22-17)23(18(20-14)25-2)10-12-6-5-7-13(9-12)11-24/h5-7,9,11H,3-4,8,10H2,1-2H3,(H2,19,21,22). The molecule has 1 aromatic carbocycles. The zero-order valence-corrected chi connectivity index (χ0v) is 14.8. The predicted molar refractivity (Wildman–Crippen MR) is 97.6 cm³/mol. The fourth-order valence-corrected chi connectivity index (χ4v) is 2.60. The number of aldehydes is 1. The highest BCUT2D eigenvalue weighted by atomic mass is 16.5. The maximum atomic E-state index is 11.0. The Bertz CT molecular complexity index is 923. The van der Waals surface area contributed by atoms with Crippen molar-refractivity contribution in [3.05, 3.63) is 35.4 Å². The summed E-state index contributed by atoms with van der Waals surface area (Å²) in [5.41, 5.74) is 8.52. The minimum Gasteiger partial charge on any atom is -0.468 e. The Hall–Kier alpha value is -3.16. The van der Waals surface area contributed by atoms with E-state index in [1.807, 2.05) is 18.2 Å². The van der Waals surface area contributed by atoms with E-state index in [4.69, 9.17) is 15.2 Å². The number of hydrogen-bond acceptors (Lipinski definition) is 7. The van der Waals surface area contributed by atoms with Crippen LogP contribution in [-0.4, -0.2) is 39.5 Å². The molecule has 2 heterocycles. The van der Waals surface area contributed by atoms with Crippen LogP contribution in [0.2, 0.25) is 0 Å². The SMILES string of the molecule is CCCCOc1nc(N)c2nc(OC)n(Cc3cccc(C=O)c3)c2n1. The zero-order valence-electron chi connectivity index (χ0n) is 14.8. The van der Waals surface area contributed by atoms with Crippen LogP contribution in [0.15, 0.2) is 24.3 Å². The van der Waals surface area contributed by atoms with Gasteiger partial charge in [0.05, 0.1) is 20.3 Å². The Kier molecular flexibility index (Phi) is 5.31. The molecule has 0 bridgehead atoms. The van der Waals surface area contributed by atoms with Crippen molar-refractivity contribution < 1.29 is 14.3 Å². The fourth-order valence-electron chi connectivity index (χ4n) is 2.60. The van der Waals surface area contributed by atoms with Crippen molar-refractivity contribution >= 4 is 23.3 Å². The molecule has 0 spiro atoms. The molecule has 0 atom stereocenters. The van der Waals surface area contributed by atoms with E-state index in [0.29, 0.717) is 35.9 Å². The van der Waals surface area contributed by atoms with Gasteiger partial charge in [-0.1, -0.05) is 31.5 Å². The zero-order chi connectivity index (χ0) is 18.5. The number of nitrogens with zero attached hydrogens (tertiary/aromatic N) is 4. The van der Waals surface area contributed by atoms with Gasteiger partial charge in [-0.05, 0) is 18.1 Å². The van der Waals surface area contributed by atoms with E-state index in [0.717, 1.165) is 24.7 Å². The highest BCUT2D eigenvalue weighted by Gasteiger charge is 2.18. The van der Waals surface area contributed by atoms with Gasteiger partial charge in [-0.25, -0.2) is 0 Å². The van der Waals surface area contributed by atoms with Crippen molar-refractivity contribution in [1.29, 1.82) is 0 Å². The third kappa shape index (κ3) is 3.58. The van der Waals surface area contributed by atoms with Crippen LogP contribution in [0.3, 0.4) is 0 Å². The topological polar surface area (TPSA) is 105 Å². The number of aromatic nitrogens is 4. The summed E-state index contributed by atoms with van der Waals surface area (Å²) in [5, 5.41) is 0. The first-order valence-corrected chi connectivity index (χ1v) is 8.41. The molecule has 0 aliphatic carbocycles. The molecular formula is C18H21N5O3. The molecule has 26 heavy (non-hydrogen) atoms. The fraction of sp³-hybridized carbons (Fsp3) is 0.333. The quantitative estimate of drug-likeness (QED) is 0.489. The summed E-state index contributed by atoms with van der Waals surface area (Å²) >= 11 is 0. The van der Waals surface area contributed by atoms with Gasteiger partial charge in [0, 0.05) is 5.56 Å². The number of ether oxygens (including phenoxy) is 2. The molecule has 8 nitrogen and oxygen atoms in total. The number of benzene rings is 1. The number of nitrogen functional groups attached to an aromatic ring is 1. The highest BCUT2D eigenvalue weighted by Crippen LogP contribution is 2.26. The number of anilines is 1. The van der Waals surface area contributed by atoms with Crippen LogP contribution in [0.4, 0.5) is 5.82 Å². The summed E-state index contributed by atoms with van der Waals surface area (Å²) in [6.07, 6.45) is 2.73. The van der Waals surface area contributed by atoms with Crippen LogP contribution >= 0.6 is 0 Å². The molecule has 2 N–H and O–H groups in total. The largest absolute Gasteiger partial charge is 0.468 e. The van der Waals surface area contributed by atoms with Crippen molar-refractivity contribution in [2.24, 2.45) is 0 Å². The first kappa shape index (κ1) is 17.7. The van der Waals surface area contributed by atoms with Crippen molar-refractivity contribution in [1.82, 2.24) is 19.5 Å². The number of carbonyl (C=O) groups is 1. The van der Waals surface area contributed by atoms with Gasteiger partial charge < -0.3 is 15.2 Å². The normalized spacial score (nSPS) is 10.8. The van der Waals surface area contributed by atoms with Crippen LogP contribution in [0, 0.1) is 0 Å². The molecule has 0 aliphatic rings. The first-order valence-electron chi connectivity index (χ1n) is 8.41. The molecular weight excluding hydrogens is 334 g/mol. The van der Waals surface area contributed by atoms with Crippen LogP contribution in [0.1, 0.15) is 35.7 Å². The van der Waals surface area contributed by atoms with E-state index in [1.54, 1.807) is 10.6 Å². The van der Waals surface area contributed by atoms with Gasteiger partial charge in [0.2, 0.25) is 0 Å². The number of fused-ring (bicyclic) bond motifs is 1. The molecule has 2 aromatic heterocycles. The number of rotatable bonds is 8. The number of carbonyl (C=O) groups excluding carboxylic acids is 1. The third-order valence-electron chi connectivity index (χ3n) is 3.91. The minimum absolute atomic E-state index is 0.217. The Morgan fingerprint density at radius 3 is 2.85 bits per heavy atom. The van der Waals surface area contributed by atoms with Crippen molar-refractivity contribution in [2.45, 2.75) is 26.3 Å².